The summed E-state index contributed by atoms with van der Waals surface area (Å²) < 4.78 is 6.86. The zero-order chi connectivity index (χ0) is 21.7. The zero-order valence-corrected chi connectivity index (χ0v) is 20.0. The van der Waals surface area contributed by atoms with Crippen molar-refractivity contribution in [1.29, 1.82) is 0 Å². The second kappa shape index (κ2) is 7.61. The third-order valence-electron chi connectivity index (χ3n) is 7.39. The number of rotatable bonds is 4. The van der Waals surface area contributed by atoms with E-state index in [2.05, 4.69) is 56.4 Å². The van der Waals surface area contributed by atoms with Gasteiger partial charge in [0.1, 0.15) is 0 Å². The van der Waals surface area contributed by atoms with E-state index in [0.29, 0.717) is 6.54 Å². The summed E-state index contributed by atoms with van der Waals surface area (Å²) >= 11 is 0. The van der Waals surface area contributed by atoms with Crippen molar-refractivity contribution in [2.24, 2.45) is 0 Å². The van der Waals surface area contributed by atoms with Gasteiger partial charge in [-0.3, -0.25) is 9.78 Å². The first-order valence-electron chi connectivity index (χ1n) is 11.2. The maximum absolute atomic E-state index is 13.5. The van der Waals surface area contributed by atoms with E-state index >= 15 is 0 Å². The molecule has 0 radical (unpaired) electrons. The largest absolute Gasteiger partial charge is 0.412 e. The lowest BCUT2D eigenvalue weighted by Gasteiger charge is -2.45. The van der Waals surface area contributed by atoms with Crippen LogP contribution in [-0.4, -0.2) is 36.3 Å². The van der Waals surface area contributed by atoms with Gasteiger partial charge in [-0.05, 0) is 48.7 Å². The molecule has 30 heavy (non-hydrogen) atoms. The molecule has 0 spiro atoms. The molecule has 1 amide bonds. The number of hydrogen-bond acceptors (Lipinski definition) is 3. The first-order valence-corrected chi connectivity index (χ1v) is 14.1. The fourth-order valence-corrected chi connectivity index (χ4v) is 6.02. The molecular formula is C25H34N2O2Si. The summed E-state index contributed by atoms with van der Waals surface area (Å²) in [5.41, 5.74) is 3.74. The normalized spacial score (nSPS) is 22.4. The summed E-state index contributed by atoms with van der Waals surface area (Å²) in [6, 6.07) is 6.15. The van der Waals surface area contributed by atoms with Gasteiger partial charge in [-0.25, -0.2) is 0 Å². The molecular weight excluding hydrogens is 388 g/mol. The van der Waals surface area contributed by atoms with Crippen LogP contribution >= 0.6 is 0 Å². The summed E-state index contributed by atoms with van der Waals surface area (Å²) in [6.45, 7) is 16.0. The summed E-state index contributed by atoms with van der Waals surface area (Å²) in [7, 11) is -1.91. The minimum Gasteiger partial charge on any atom is -0.412 e. The van der Waals surface area contributed by atoms with E-state index in [4.69, 9.17) is 4.43 Å². The number of hydrogen-bond donors (Lipinski definition) is 0. The van der Waals surface area contributed by atoms with Crippen LogP contribution in [0.5, 0.6) is 0 Å². The van der Waals surface area contributed by atoms with Crippen LogP contribution in [0.1, 0.15) is 67.9 Å². The van der Waals surface area contributed by atoms with Gasteiger partial charge in [0.15, 0.2) is 8.32 Å². The van der Waals surface area contributed by atoms with Gasteiger partial charge in [0.25, 0.3) is 5.91 Å². The average molecular weight is 423 g/mol. The highest BCUT2D eigenvalue weighted by molar-refractivity contribution is 6.74. The second-order valence-electron chi connectivity index (χ2n) is 10.3. The molecule has 4 nitrogen and oxygen atoms in total. The Balaban J connectivity index is 1.69. The molecule has 1 aromatic heterocycles. The van der Waals surface area contributed by atoms with Gasteiger partial charge in [0, 0.05) is 29.3 Å². The summed E-state index contributed by atoms with van der Waals surface area (Å²) in [6.07, 6.45) is 8.13. The van der Waals surface area contributed by atoms with E-state index in [-0.39, 0.29) is 23.1 Å². The smallest absolute Gasteiger partial charge is 0.254 e. The lowest BCUT2D eigenvalue weighted by Crippen LogP contribution is -2.53. The molecule has 2 atom stereocenters. The Morgan fingerprint density at radius 3 is 2.70 bits per heavy atom. The lowest BCUT2D eigenvalue weighted by molar-refractivity contribution is 0.0244. The quantitative estimate of drug-likeness (QED) is 0.554. The van der Waals surface area contributed by atoms with Crippen molar-refractivity contribution >= 4 is 31.2 Å². The third-order valence-corrected chi connectivity index (χ3v) is 11.9. The maximum atomic E-state index is 13.5. The minimum absolute atomic E-state index is 0.121. The Labute approximate surface area is 181 Å². The molecule has 160 valence electrons. The molecule has 5 heteroatoms. The molecule has 2 aromatic rings. The molecule has 4 rings (SSSR count). The van der Waals surface area contributed by atoms with Crippen molar-refractivity contribution in [1.82, 2.24) is 9.88 Å². The number of carbonyl (C=O) groups is 1. The van der Waals surface area contributed by atoms with Gasteiger partial charge < -0.3 is 9.33 Å². The molecule has 1 fully saturated rings. The fraction of sp³-hybridized carbons (Fsp3) is 0.520. The molecule has 1 aliphatic heterocycles. The highest BCUT2D eigenvalue weighted by atomic mass is 28.4. The van der Waals surface area contributed by atoms with Crippen LogP contribution in [0.4, 0.5) is 0 Å². The third kappa shape index (κ3) is 3.52. The highest BCUT2D eigenvalue weighted by Gasteiger charge is 2.44. The molecule has 2 aliphatic rings. The van der Waals surface area contributed by atoms with E-state index in [9.17, 15) is 4.79 Å². The molecule has 0 saturated heterocycles. The first kappa shape index (κ1) is 21.3. The van der Waals surface area contributed by atoms with Crippen molar-refractivity contribution in [3.8, 4) is 0 Å². The number of pyridine rings is 1. The van der Waals surface area contributed by atoms with Crippen LogP contribution in [-0.2, 0) is 11.0 Å². The first-order chi connectivity index (χ1) is 14.1. The van der Waals surface area contributed by atoms with Crippen LogP contribution in [0.15, 0.2) is 31.0 Å². The topological polar surface area (TPSA) is 42.4 Å². The Kier molecular flexibility index (Phi) is 5.39. The molecule has 0 bridgehead atoms. The van der Waals surface area contributed by atoms with Crippen molar-refractivity contribution in [3.05, 3.63) is 47.7 Å². The maximum Gasteiger partial charge on any atom is 0.254 e. The van der Waals surface area contributed by atoms with E-state index in [1.165, 1.54) is 6.42 Å². The highest BCUT2D eigenvalue weighted by Crippen LogP contribution is 2.41. The van der Waals surface area contributed by atoms with Crippen LogP contribution in [0, 0.1) is 0 Å². The van der Waals surface area contributed by atoms with E-state index < -0.39 is 8.32 Å². The number of amides is 1. The zero-order valence-electron chi connectivity index (χ0n) is 19.0. The van der Waals surface area contributed by atoms with Gasteiger partial charge >= 0.3 is 0 Å². The van der Waals surface area contributed by atoms with Crippen LogP contribution in [0.25, 0.3) is 17.0 Å². The van der Waals surface area contributed by atoms with Gasteiger partial charge in [-0.1, -0.05) is 52.3 Å². The summed E-state index contributed by atoms with van der Waals surface area (Å²) in [5, 5.41) is 1.23. The minimum atomic E-state index is -1.91. The van der Waals surface area contributed by atoms with Crippen molar-refractivity contribution < 1.29 is 9.22 Å². The molecule has 1 saturated carbocycles. The van der Waals surface area contributed by atoms with Crippen molar-refractivity contribution in [3.63, 3.8) is 0 Å². The molecule has 1 aromatic carbocycles. The number of benzene rings is 1. The SMILES string of the molecule is C=Cc1cc2c(c3ncccc13)CN([C@H]1CCCC[C@@H]1O[Si](C)(C)C(C)(C)C)C2=O. The Morgan fingerprint density at radius 1 is 1.27 bits per heavy atom. The van der Waals surface area contributed by atoms with Crippen LogP contribution in [0.2, 0.25) is 18.1 Å². The molecule has 1 aliphatic carbocycles. The van der Waals surface area contributed by atoms with Gasteiger partial charge in [0.2, 0.25) is 0 Å². The van der Waals surface area contributed by atoms with E-state index in [1.54, 1.807) is 0 Å². The summed E-state index contributed by atoms with van der Waals surface area (Å²) in [5.74, 6) is 0.122. The number of nitrogens with zero attached hydrogens (tertiary/aromatic N) is 2. The lowest BCUT2D eigenvalue weighted by atomic mass is 9.91. The number of fused-ring (bicyclic) bond motifs is 3. The Bertz CT molecular complexity index is 993. The monoisotopic (exact) mass is 422 g/mol. The van der Waals surface area contributed by atoms with E-state index in [1.807, 2.05) is 24.4 Å². The predicted molar refractivity (Wildman–Crippen MR) is 126 cm³/mol. The Hall–Kier alpha value is -1.98. The fourth-order valence-electron chi connectivity index (χ4n) is 4.64. The molecule has 2 heterocycles. The molecule has 0 N–H and O–H groups in total. The Morgan fingerprint density at radius 2 is 2.00 bits per heavy atom. The standard InChI is InChI=1S/C25H34N2O2Si/c1-7-17-15-19-20(23-18(17)11-10-14-26-23)16-27(24(19)28)21-12-8-9-13-22(21)29-30(5,6)25(2,3)4/h7,10-11,14-15,21-22H,1,8-9,12-13,16H2,2-6H3/t21-,22-/m0/s1. The average Bonchev–Trinajstić information content (AvgIpc) is 3.03. The van der Waals surface area contributed by atoms with Crippen molar-refractivity contribution in [2.45, 2.75) is 83.3 Å². The second-order valence-corrected chi connectivity index (χ2v) is 15.1. The summed E-state index contributed by atoms with van der Waals surface area (Å²) in [4.78, 5) is 20.2. The number of aromatic nitrogens is 1. The van der Waals surface area contributed by atoms with Gasteiger partial charge in [0.05, 0.1) is 17.7 Å². The molecule has 0 unspecified atom stereocenters. The van der Waals surface area contributed by atoms with Crippen molar-refractivity contribution in [2.75, 3.05) is 0 Å². The van der Waals surface area contributed by atoms with Crippen LogP contribution < -0.4 is 0 Å². The predicted octanol–water partition coefficient (Wildman–Crippen LogP) is 6.17. The van der Waals surface area contributed by atoms with Gasteiger partial charge in [-0.2, -0.15) is 0 Å². The van der Waals surface area contributed by atoms with E-state index in [0.717, 1.165) is 46.9 Å². The van der Waals surface area contributed by atoms with Crippen LogP contribution in [0.3, 0.4) is 0 Å². The number of carbonyl (C=O) groups excluding carboxylic acids is 1. The van der Waals surface area contributed by atoms with Gasteiger partial charge in [-0.15, -0.1) is 0 Å².